The second-order valence-electron chi connectivity index (χ2n) is 5.68. The summed E-state index contributed by atoms with van der Waals surface area (Å²) in [4.78, 5) is 23.6. The van der Waals surface area contributed by atoms with Crippen molar-refractivity contribution in [2.24, 2.45) is 23.7 Å². The van der Waals surface area contributed by atoms with Crippen molar-refractivity contribution in [2.75, 3.05) is 18.6 Å². The Balaban J connectivity index is 1.77. The first-order chi connectivity index (χ1) is 9.65. The molecular formula is C15H23NO3S. The number of allylic oxidation sites excluding steroid dienone is 2. The van der Waals surface area contributed by atoms with Gasteiger partial charge in [0.1, 0.15) is 0 Å². The molecule has 20 heavy (non-hydrogen) atoms. The van der Waals surface area contributed by atoms with Crippen LogP contribution in [0, 0.1) is 23.7 Å². The Morgan fingerprint density at radius 2 is 1.90 bits per heavy atom. The van der Waals surface area contributed by atoms with Crippen molar-refractivity contribution in [1.82, 2.24) is 5.32 Å². The number of amides is 1. The molecule has 0 radical (unpaired) electrons. The van der Waals surface area contributed by atoms with Gasteiger partial charge in [-0.3, -0.25) is 9.59 Å². The highest BCUT2D eigenvalue weighted by Gasteiger charge is 2.51. The zero-order valence-electron chi connectivity index (χ0n) is 11.9. The lowest BCUT2D eigenvalue weighted by molar-refractivity contribution is -0.147. The molecule has 5 heteroatoms. The van der Waals surface area contributed by atoms with Crippen LogP contribution in [0.3, 0.4) is 0 Å². The fourth-order valence-corrected chi connectivity index (χ4v) is 3.89. The molecule has 0 aromatic carbocycles. The molecule has 2 rings (SSSR count). The molecule has 4 atom stereocenters. The maximum Gasteiger partial charge on any atom is 0.307 e. The Morgan fingerprint density at radius 1 is 1.20 bits per heavy atom. The third-order valence-corrected chi connectivity index (χ3v) is 5.07. The summed E-state index contributed by atoms with van der Waals surface area (Å²) in [6, 6.07) is 0. The van der Waals surface area contributed by atoms with Crippen molar-refractivity contribution >= 4 is 23.6 Å². The van der Waals surface area contributed by atoms with E-state index in [0.29, 0.717) is 6.54 Å². The van der Waals surface area contributed by atoms with Gasteiger partial charge in [-0.15, -0.1) is 0 Å². The van der Waals surface area contributed by atoms with Gasteiger partial charge >= 0.3 is 5.97 Å². The first kappa shape index (κ1) is 15.4. The molecule has 1 saturated carbocycles. The number of hydrogen-bond donors (Lipinski definition) is 2. The SMILES string of the molecule is CSCCCCCNC(=O)[C@H]1C2C=CC(C2)[C@H]1C(=O)O. The molecule has 2 bridgehead atoms. The maximum absolute atomic E-state index is 12.2. The zero-order valence-corrected chi connectivity index (χ0v) is 12.7. The summed E-state index contributed by atoms with van der Waals surface area (Å²) in [5.41, 5.74) is 0. The molecule has 1 amide bonds. The van der Waals surface area contributed by atoms with Gasteiger partial charge in [0.25, 0.3) is 0 Å². The van der Waals surface area contributed by atoms with Crippen LogP contribution >= 0.6 is 11.8 Å². The van der Waals surface area contributed by atoms with E-state index in [-0.39, 0.29) is 23.7 Å². The van der Waals surface area contributed by atoms with Crippen LogP contribution in [0.1, 0.15) is 25.7 Å². The number of rotatable bonds is 8. The number of hydrogen-bond acceptors (Lipinski definition) is 3. The average molecular weight is 297 g/mol. The number of unbranched alkanes of at least 4 members (excludes halogenated alkanes) is 2. The molecule has 0 aliphatic heterocycles. The normalized spacial score (nSPS) is 30.6. The first-order valence-electron chi connectivity index (χ1n) is 7.33. The van der Waals surface area contributed by atoms with E-state index in [9.17, 15) is 14.7 Å². The van der Waals surface area contributed by atoms with Crippen molar-refractivity contribution < 1.29 is 14.7 Å². The molecule has 2 aliphatic rings. The van der Waals surface area contributed by atoms with E-state index in [4.69, 9.17) is 0 Å². The van der Waals surface area contributed by atoms with Crippen LogP contribution in [0.15, 0.2) is 12.2 Å². The molecule has 0 saturated heterocycles. The topological polar surface area (TPSA) is 66.4 Å². The van der Waals surface area contributed by atoms with Gasteiger partial charge in [0.05, 0.1) is 11.8 Å². The van der Waals surface area contributed by atoms with Crippen LogP contribution in [0.25, 0.3) is 0 Å². The molecule has 0 heterocycles. The summed E-state index contributed by atoms with van der Waals surface area (Å²) in [7, 11) is 0. The van der Waals surface area contributed by atoms with Gasteiger partial charge in [0.2, 0.25) is 5.91 Å². The first-order valence-corrected chi connectivity index (χ1v) is 8.72. The standard InChI is InChI=1S/C15H23NO3S/c1-20-8-4-2-3-7-16-14(17)12-10-5-6-11(9-10)13(12)15(18)19/h5-6,10-13H,2-4,7-9H2,1H3,(H,16,17)(H,18,19)/t10?,11?,12-,13+/m0/s1. The summed E-state index contributed by atoms with van der Waals surface area (Å²) in [6.07, 6.45) is 10.2. The summed E-state index contributed by atoms with van der Waals surface area (Å²) in [5, 5.41) is 12.2. The number of carbonyl (C=O) groups excluding carboxylic acids is 1. The Morgan fingerprint density at radius 3 is 2.55 bits per heavy atom. The largest absolute Gasteiger partial charge is 0.481 e. The molecule has 1 fully saturated rings. The lowest BCUT2D eigenvalue weighted by atomic mass is 9.82. The molecule has 0 spiro atoms. The van der Waals surface area contributed by atoms with E-state index in [1.165, 1.54) is 6.42 Å². The lowest BCUT2D eigenvalue weighted by Gasteiger charge is -2.23. The second kappa shape index (κ2) is 7.16. The predicted octanol–water partition coefficient (Wildman–Crippen LogP) is 2.16. The van der Waals surface area contributed by atoms with Crippen molar-refractivity contribution in [2.45, 2.75) is 25.7 Å². The summed E-state index contributed by atoms with van der Waals surface area (Å²) in [5.74, 6) is -0.463. The molecular weight excluding hydrogens is 274 g/mol. The molecule has 4 nitrogen and oxygen atoms in total. The van der Waals surface area contributed by atoms with E-state index < -0.39 is 11.9 Å². The Bertz CT molecular complexity index is 397. The van der Waals surface area contributed by atoms with Crippen LogP contribution < -0.4 is 5.32 Å². The van der Waals surface area contributed by atoms with Crippen LogP contribution in [-0.4, -0.2) is 35.5 Å². The molecule has 112 valence electrons. The van der Waals surface area contributed by atoms with Gasteiger partial charge in [-0.25, -0.2) is 0 Å². The fraction of sp³-hybridized carbons (Fsp3) is 0.733. The number of thioether (sulfide) groups is 1. The number of carboxylic acids is 1. The van der Waals surface area contributed by atoms with Crippen LogP contribution in [0.2, 0.25) is 0 Å². The van der Waals surface area contributed by atoms with Crippen molar-refractivity contribution in [3.05, 3.63) is 12.2 Å². The second-order valence-corrected chi connectivity index (χ2v) is 6.67. The van der Waals surface area contributed by atoms with Crippen LogP contribution in [-0.2, 0) is 9.59 Å². The van der Waals surface area contributed by atoms with Gasteiger partial charge in [-0.05, 0) is 43.1 Å². The predicted molar refractivity (Wildman–Crippen MR) is 80.6 cm³/mol. The minimum Gasteiger partial charge on any atom is -0.481 e. The van der Waals surface area contributed by atoms with Gasteiger partial charge in [0, 0.05) is 6.54 Å². The van der Waals surface area contributed by atoms with Crippen molar-refractivity contribution in [3.63, 3.8) is 0 Å². The van der Waals surface area contributed by atoms with Gasteiger partial charge in [0.15, 0.2) is 0 Å². The minimum atomic E-state index is -0.832. The highest BCUT2D eigenvalue weighted by molar-refractivity contribution is 7.98. The van der Waals surface area contributed by atoms with Crippen molar-refractivity contribution in [1.29, 1.82) is 0 Å². The highest BCUT2D eigenvalue weighted by atomic mass is 32.2. The summed E-state index contributed by atoms with van der Waals surface area (Å²) in [6.45, 7) is 0.664. The third kappa shape index (κ3) is 3.37. The molecule has 0 aromatic rings. The molecule has 2 N–H and O–H groups in total. The number of carboxylic acid groups (broad SMARTS) is 1. The minimum absolute atomic E-state index is 0.0508. The quantitative estimate of drug-likeness (QED) is 0.532. The van der Waals surface area contributed by atoms with Gasteiger partial charge < -0.3 is 10.4 Å². The Labute approximate surface area is 124 Å². The summed E-state index contributed by atoms with van der Waals surface area (Å²) < 4.78 is 0. The molecule has 2 aliphatic carbocycles. The van der Waals surface area contributed by atoms with Gasteiger partial charge in [-0.1, -0.05) is 18.6 Å². The van der Waals surface area contributed by atoms with E-state index in [2.05, 4.69) is 11.6 Å². The van der Waals surface area contributed by atoms with E-state index >= 15 is 0 Å². The van der Waals surface area contributed by atoms with Crippen LogP contribution in [0.5, 0.6) is 0 Å². The maximum atomic E-state index is 12.2. The average Bonchev–Trinajstić information content (AvgIpc) is 3.02. The zero-order chi connectivity index (χ0) is 14.5. The summed E-state index contributed by atoms with van der Waals surface area (Å²) >= 11 is 1.84. The van der Waals surface area contributed by atoms with E-state index in [1.54, 1.807) is 0 Å². The fourth-order valence-electron chi connectivity index (χ4n) is 3.39. The molecule has 0 aromatic heterocycles. The monoisotopic (exact) mass is 297 g/mol. The molecule has 2 unspecified atom stereocenters. The van der Waals surface area contributed by atoms with Gasteiger partial charge in [-0.2, -0.15) is 11.8 Å². The smallest absolute Gasteiger partial charge is 0.307 e. The van der Waals surface area contributed by atoms with E-state index in [1.807, 2.05) is 23.9 Å². The third-order valence-electron chi connectivity index (χ3n) is 4.37. The van der Waals surface area contributed by atoms with Crippen LogP contribution in [0.4, 0.5) is 0 Å². The number of fused-ring (bicyclic) bond motifs is 2. The number of aliphatic carboxylic acids is 1. The number of carbonyl (C=O) groups is 2. The Hall–Kier alpha value is -0.970. The van der Waals surface area contributed by atoms with Crippen molar-refractivity contribution in [3.8, 4) is 0 Å². The number of nitrogens with one attached hydrogen (secondary N) is 1. The highest BCUT2D eigenvalue weighted by Crippen LogP contribution is 2.48. The van der Waals surface area contributed by atoms with E-state index in [0.717, 1.165) is 25.0 Å². The lowest BCUT2D eigenvalue weighted by Crippen LogP contribution is -2.40. The Kier molecular flexibility index (Phi) is 5.52.